The zero-order valence-corrected chi connectivity index (χ0v) is 16.8. The molecule has 0 saturated heterocycles. The Morgan fingerprint density at radius 1 is 1.00 bits per heavy atom. The van der Waals surface area contributed by atoms with Crippen LogP contribution in [-0.2, 0) is 0 Å². The average molecular weight is 415 g/mol. The number of anilines is 4. The standard InChI is InChI=1S/C22H21N7O2/c1-2-31-19-7-4-3-6-18(19)28-22(30)27-17-10-8-16(9-11-17)26-20-14-21(24-15-23-20)29-13-5-12-25-29/h3-15H,2H2,1H3,(H,23,24,26)(H2,27,28,30). The third-order valence-electron chi connectivity index (χ3n) is 4.24. The molecule has 9 nitrogen and oxygen atoms in total. The van der Waals surface area contributed by atoms with Crippen LogP contribution in [0, 0.1) is 0 Å². The molecular formula is C22H21N7O2. The molecule has 156 valence electrons. The lowest BCUT2D eigenvalue weighted by Crippen LogP contribution is -2.19. The van der Waals surface area contributed by atoms with Crippen LogP contribution in [0.3, 0.4) is 0 Å². The zero-order valence-electron chi connectivity index (χ0n) is 16.8. The number of ether oxygens (including phenoxy) is 1. The van der Waals surface area contributed by atoms with E-state index in [1.54, 1.807) is 35.1 Å². The molecule has 0 aliphatic carbocycles. The smallest absolute Gasteiger partial charge is 0.323 e. The number of hydrogen-bond acceptors (Lipinski definition) is 6. The molecule has 0 atom stereocenters. The van der Waals surface area contributed by atoms with Crippen molar-refractivity contribution in [1.82, 2.24) is 19.7 Å². The number of para-hydroxylation sites is 2. The number of rotatable bonds is 7. The molecule has 0 fully saturated rings. The fourth-order valence-electron chi connectivity index (χ4n) is 2.87. The number of hydrogen-bond donors (Lipinski definition) is 3. The number of nitrogens with zero attached hydrogens (tertiary/aromatic N) is 4. The largest absolute Gasteiger partial charge is 0.492 e. The van der Waals surface area contributed by atoms with Crippen LogP contribution >= 0.6 is 0 Å². The van der Waals surface area contributed by atoms with Crippen molar-refractivity contribution in [2.75, 3.05) is 22.6 Å². The van der Waals surface area contributed by atoms with E-state index in [0.29, 0.717) is 35.4 Å². The van der Waals surface area contributed by atoms with Crippen molar-refractivity contribution < 1.29 is 9.53 Å². The number of urea groups is 1. The van der Waals surface area contributed by atoms with Gasteiger partial charge in [0, 0.05) is 29.8 Å². The van der Waals surface area contributed by atoms with Crippen LogP contribution in [0.4, 0.5) is 27.7 Å². The van der Waals surface area contributed by atoms with Gasteiger partial charge in [0.05, 0.1) is 12.3 Å². The summed E-state index contributed by atoms with van der Waals surface area (Å²) < 4.78 is 7.18. The zero-order chi connectivity index (χ0) is 21.5. The molecule has 2 heterocycles. The van der Waals surface area contributed by atoms with E-state index in [2.05, 4.69) is 31.0 Å². The van der Waals surface area contributed by atoms with E-state index >= 15 is 0 Å². The molecule has 2 aromatic heterocycles. The van der Waals surface area contributed by atoms with Gasteiger partial charge in [-0.25, -0.2) is 19.4 Å². The first kappa shape index (κ1) is 19.9. The van der Waals surface area contributed by atoms with Crippen LogP contribution in [0.2, 0.25) is 0 Å². The third-order valence-corrected chi connectivity index (χ3v) is 4.24. The van der Waals surface area contributed by atoms with Crippen molar-refractivity contribution >= 4 is 28.9 Å². The van der Waals surface area contributed by atoms with Crippen molar-refractivity contribution in [3.8, 4) is 11.6 Å². The van der Waals surface area contributed by atoms with E-state index in [0.717, 1.165) is 5.69 Å². The van der Waals surface area contributed by atoms with Gasteiger partial charge in [-0.05, 0) is 49.4 Å². The fourth-order valence-corrected chi connectivity index (χ4v) is 2.87. The van der Waals surface area contributed by atoms with E-state index in [-0.39, 0.29) is 6.03 Å². The van der Waals surface area contributed by atoms with Gasteiger partial charge in [-0.1, -0.05) is 12.1 Å². The predicted molar refractivity (Wildman–Crippen MR) is 119 cm³/mol. The van der Waals surface area contributed by atoms with E-state index < -0.39 is 0 Å². The Morgan fingerprint density at radius 2 is 1.81 bits per heavy atom. The topological polar surface area (TPSA) is 106 Å². The summed E-state index contributed by atoms with van der Waals surface area (Å²) in [6.45, 7) is 2.41. The first-order valence-corrected chi connectivity index (χ1v) is 9.70. The number of aromatic nitrogens is 4. The summed E-state index contributed by atoms with van der Waals surface area (Å²) in [4.78, 5) is 20.8. The highest BCUT2D eigenvalue weighted by Crippen LogP contribution is 2.24. The lowest BCUT2D eigenvalue weighted by Gasteiger charge is -2.12. The SMILES string of the molecule is CCOc1ccccc1NC(=O)Nc1ccc(Nc2cc(-n3cccn3)ncn2)cc1. The first-order valence-electron chi connectivity index (χ1n) is 9.70. The quantitative estimate of drug-likeness (QED) is 0.412. The summed E-state index contributed by atoms with van der Waals surface area (Å²) in [5.74, 6) is 1.91. The normalized spacial score (nSPS) is 10.4. The lowest BCUT2D eigenvalue weighted by atomic mass is 10.2. The number of amides is 2. The number of carbonyl (C=O) groups excluding carboxylic acids is 1. The summed E-state index contributed by atoms with van der Waals surface area (Å²) >= 11 is 0. The van der Waals surface area contributed by atoms with Crippen LogP contribution in [0.5, 0.6) is 5.75 Å². The van der Waals surface area contributed by atoms with Crippen LogP contribution in [0.25, 0.3) is 5.82 Å². The van der Waals surface area contributed by atoms with Gasteiger partial charge < -0.3 is 20.7 Å². The molecule has 9 heteroatoms. The highest BCUT2D eigenvalue weighted by atomic mass is 16.5. The van der Waals surface area contributed by atoms with Gasteiger partial charge in [0.1, 0.15) is 17.9 Å². The number of benzene rings is 2. The maximum atomic E-state index is 12.3. The van der Waals surface area contributed by atoms with Crippen molar-refractivity contribution in [3.05, 3.63) is 79.4 Å². The highest BCUT2D eigenvalue weighted by molar-refractivity contribution is 6.00. The minimum absolute atomic E-state index is 0.354. The van der Waals surface area contributed by atoms with E-state index in [4.69, 9.17) is 4.74 Å². The molecule has 0 aliphatic heterocycles. The molecule has 3 N–H and O–H groups in total. The summed E-state index contributed by atoms with van der Waals surface area (Å²) in [7, 11) is 0. The predicted octanol–water partition coefficient (Wildman–Crippen LogP) is 4.45. The Morgan fingerprint density at radius 3 is 2.58 bits per heavy atom. The third kappa shape index (κ3) is 5.15. The molecule has 4 rings (SSSR count). The molecule has 0 unspecified atom stereocenters. The highest BCUT2D eigenvalue weighted by Gasteiger charge is 2.08. The summed E-state index contributed by atoms with van der Waals surface area (Å²) in [5.41, 5.74) is 2.08. The van der Waals surface area contributed by atoms with Crippen molar-refractivity contribution in [3.63, 3.8) is 0 Å². The molecule has 0 aliphatic rings. The molecule has 31 heavy (non-hydrogen) atoms. The van der Waals surface area contributed by atoms with Gasteiger partial charge in [-0.3, -0.25) is 0 Å². The minimum atomic E-state index is -0.354. The second-order valence-electron chi connectivity index (χ2n) is 6.42. The van der Waals surface area contributed by atoms with Gasteiger partial charge in [0.15, 0.2) is 5.82 Å². The Labute approximate surface area is 179 Å². The maximum Gasteiger partial charge on any atom is 0.323 e. The number of nitrogens with one attached hydrogen (secondary N) is 3. The molecule has 0 radical (unpaired) electrons. The van der Waals surface area contributed by atoms with E-state index in [9.17, 15) is 4.79 Å². The van der Waals surface area contributed by atoms with Gasteiger partial charge in [0.25, 0.3) is 0 Å². The molecule has 0 saturated carbocycles. The molecule has 2 amide bonds. The van der Waals surface area contributed by atoms with E-state index in [1.165, 1.54) is 6.33 Å². The summed E-state index contributed by atoms with van der Waals surface area (Å²) in [6, 6.07) is 17.8. The Hall–Kier alpha value is -4.40. The van der Waals surface area contributed by atoms with E-state index in [1.807, 2.05) is 49.5 Å². The maximum absolute atomic E-state index is 12.3. The van der Waals surface area contributed by atoms with Crippen LogP contribution in [-0.4, -0.2) is 32.4 Å². The van der Waals surface area contributed by atoms with Crippen LogP contribution in [0.1, 0.15) is 6.92 Å². The molecular weight excluding hydrogens is 394 g/mol. The Bertz CT molecular complexity index is 1140. The summed E-state index contributed by atoms with van der Waals surface area (Å²) in [6.07, 6.45) is 4.97. The fraction of sp³-hybridized carbons (Fsp3) is 0.0909. The Kier molecular flexibility index (Phi) is 6.03. The lowest BCUT2D eigenvalue weighted by molar-refractivity contribution is 0.262. The number of carbonyl (C=O) groups is 1. The second kappa shape index (κ2) is 9.40. The van der Waals surface area contributed by atoms with Crippen molar-refractivity contribution in [2.45, 2.75) is 6.92 Å². The monoisotopic (exact) mass is 415 g/mol. The molecule has 0 spiro atoms. The molecule has 0 bridgehead atoms. The summed E-state index contributed by atoms with van der Waals surface area (Å²) in [5, 5.41) is 13.0. The minimum Gasteiger partial charge on any atom is -0.492 e. The first-order chi connectivity index (χ1) is 15.2. The van der Waals surface area contributed by atoms with Crippen LogP contribution in [0.15, 0.2) is 79.4 Å². The Balaban J connectivity index is 1.38. The van der Waals surface area contributed by atoms with Gasteiger partial charge in [-0.15, -0.1) is 0 Å². The average Bonchev–Trinajstić information content (AvgIpc) is 3.32. The van der Waals surface area contributed by atoms with Crippen LogP contribution < -0.4 is 20.7 Å². The van der Waals surface area contributed by atoms with Crippen molar-refractivity contribution in [2.24, 2.45) is 0 Å². The van der Waals surface area contributed by atoms with Crippen molar-refractivity contribution in [1.29, 1.82) is 0 Å². The van der Waals surface area contributed by atoms with Gasteiger partial charge in [-0.2, -0.15) is 5.10 Å². The molecule has 4 aromatic rings. The van der Waals surface area contributed by atoms with Gasteiger partial charge in [0.2, 0.25) is 0 Å². The second-order valence-corrected chi connectivity index (χ2v) is 6.42. The molecule has 2 aromatic carbocycles. The van der Waals surface area contributed by atoms with Gasteiger partial charge >= 0.3 is 6.03 Å².